The Labute approximate surface area is 93.9 Å². The summed E-state index contributed by atoms with van der Waals surface area (Å²) in [6.07, 6.45) is 1.11. The predicted molar refractivity (Wildman–Crippen MR) is 60.3 cm³/mol. The fourth-order valence-electron chi connectivity index (χ4n) is 2.72. The lowest BCUT2D eigenvalue weighted by Gasteiger charge is -2.12. The van der Waals surface area contributed by atoms with Crippen molar-refractivity contribution >= 4 is 0 Å². The van der Waals surface area contributed by atoms with Gasteiger partial charge in [0.05, 0.1) is 5.69 Å². The van der Waals surface area contributed by atoms with E-state index >= 15 is 0 Å². The van der Waals surface area contributed by atoms with Crippen molar-refractivity contribution in [2.45, 2.75) is 25.4 Å². The van der Waals surface area contributed by atoms with Crippen LogP contribution >= 0.6 is 0 Å². The molecule has 0 aromatic carbocycles. The van der Waals surface area contributed by atoms with Crippen molar-refractivity contribution in [3.63, 3.8) is 0 Å². The van der Waals surface area contributed by atoms with Crippen LogP contribution in [0.1, 0.15) is 29.3 Å². The molecule has 0 radical (unpaired) electrons. The maximum absolute atomic E-state index is 11.5. The Hall–Kier alpha value is -1.20. The molecule has 86 valence electrons. The lowest BCUT2D eigenvalue weighted by molar-refractivity contribution is 0.410. The monoisotopic (exact) mass is 220 g/mol. The minimum absolute atomic E-state index is 0.202. The van der Waals surface area contributed by atoms with E-state index in [1.807, 2.05) is 0 Å². The molecule has 1 fully saturated rings. The molecule has 1 saturated heterocycles. The summed E-state index contributed by atoms with van der Waals surface area (Å²) in [4.78, 5) is 20.8. The Balaban J connectivity index is 2.03. The van der Waals surface area contributed by atoms with Gasteiger partial charge in [0, 0.05) is 36.8 Å². The first-order valence-corrected chi connectivity index (χ1v) is 5.75. The van der Waals surface area contributed by atoms with Crippen molar-refractivity contribution in [1.82, 2.24) is 20.2 Å². The minimum atomic E-state index is -0.202. The van der Waals surface area contributed by atoms with Gasteiger partial charge < -0.3 is 15.2 Å². The van der Waals surface area contributed by atoms with Gasteiger partial charge in [-0.05, 0) is 20.0 Å². The number of fused-ring (bicyclic) bond motifs is 1. The quantitative estimate of drug-likeness (QED) is 0.687. The molecule has 0 aliphatic carbocycles. The van der Waals surface area contributed by atoms with E-state index in [0.717, 1.165) is 44.0 Å². The van der Waals surface area contributed by atoms with Crippen LogP contribution in [-0.2, 0) is 13.1 Å². The van der Waals surface area contributed by atoms with Crippen LogP contribution in [0.4, 0.5) is 0 Å². The summed E-state index contributed by atoms with van der Waals surface area (Å²) in [6.45, 7) is 3.72. The molecule has 0 bridgehead atoms. The normalized spacial score (nSPS) is 24.9. The fraction of sp³-hybridized carbons (Fsp3) is 0.636. The number of hydrogen-bond donors (Lipinski definition) is 2. The van der Waals surface area contributed by atoms with Gasteiger partial charge in [0.1, 0.15) is 0 Å². The lowest BCUT2D eigenvalue weighted by atomic mass is 9.99. The Kier molecular flexibility index (Phi) is 2.29. The third kappa shape index (κ3) is 1.56. The van der Waals surface area contributed by atoms with Gasteiger partial charge in [0.15, 0.2) is 0 Å². The van der Waals surface area contributed by atoms with E-state index in [4.69, 9.17) is 0 Å². The average molecular weight is 220 g/mol. The smallest absolute Gasteiger partial charge is 0.308 e. The summed E-state index contributed by atoms with van der Waals surface area (Å²) in [5.74, 6) is 0.431. The third-order valence-corrected chi connectivity index (χ3v) is 3.53. The van der Waals surface area contributed by atoms with Gasteiger partial charge in [0.2, 0.25) is 0 Å². The molecule has 3 heterocycles. The van der Waals surface area contributed by atoms with Crippen LogP contribution in [-0.4, -0.2) is 35.0 Å². The molecule has 0 amide bonds. The van der Waals surface area contributed by atoms with Crippen LogP contribution in [0.5, 0.6) is 0 Å². The van der Waals surface area contributed by atoms with Crippen molar-refractivity contribution in [2.75, 3.05) is 20.1 Å². The number of nitrogens with one attached hydrogen (secondary N) is 2. The molecule has 3 rings (SSSR count). The van der Waals surface area contributed by atoms with E-state index in [2.05, 4.69) is 27.2 Å². The Bertz CT molecular complexity index is 468. The molecule has 1 aromatic rings. The van der Waals surface area contributed by atoms with Crippen LogP contribution < -0.4 is 11.0 Å². The summed E-state index contributed by atoms with van der Waals surface area (Å²) in [7, 11) is 2.12. The number of H-pyrrole nitrogens is 1. The van der Waals surface area contributed by atoms with E-state index in [1.54, 1.807) is 0 Å². The van der Waals surface area contributed by atoms with Gasteiger partial charge in [-0.15, -0.1) is 0 Å². The van der Waals surface area contributed by atoms with Crippen LogP contribution in [0.25, 0.3) is 0 Å². The van der Waals surface area contributed by atoms with E-state index in [-0.39, 0.29) is 5.69 Å². The van der Waals surface area contributed by atoms with Crippen molar-refractivity contribution in [1.29, 1.82) is 0 Å². The molecule has 2 aliphatic rings. The van der Waals surface area contributed by atoms with E-state index in [9.17, 15) is 4.79 Å². The largest absolute Gasteiger partial charge is 0.345 e. The summed E-state index contributed by atoms with van der Waals surface area (Å²) >= 11 is 0. The predicted octanol–water partition coefficient (Wildman–Crippen LogP) is -0.208. The maximum Gasteiger partial charge on any atom is 0.345 e. The zero-order chi connectivity index (χ0) is 11.1. The first-order valence-electron chi connectivity index (χ1n) is 5.75. The molecule has 1 atom stereocenters. The number of aromatic nitrogens is 2. The summed E-state index contributed by atoms with van der Waals surface area (Å²) in [5, 5.41) is 3.27. The van der Waals surface area contributed by atoms with Crippen molar-refractivity contribution < 1.29 is 0 Å². The number of likely N-dealkylation sites (N-methyl/N-ethyl adjacent to an activating group) is 1. The molecule has 2 aliphatic heterocycles. The molecular formula is C11H16N4O. The number of likely N-dealkylation sites (tertiary alicyclic amines) is 1. The molecule has 16 heavy (non-hydrogen) atoms. The molecule has 1 unspecified atom stereocenters. The third-order valence-electron chi connectivity index (χ3n) is 3.53. The zero-order valence-electron chi connectivity index (χ0n) is 9.42. The standard InChI is InChI=1S/C11H16N4O/c1-15-3-2-7(6-15)10-8-4-12-5-9(8)13-11(16)14-10/h7,12H,2-6H2,1H3,(H,13,14,16). The topological polar surface area (TPSA) is 61.0 Å². The van der Waals surface area contributed by atoms with Crippen molar-refractivity contribution in [3.05, 3.63) is 27.4 Å². The highest BCUT2D eigenvalue weighted by atomic mass is 16.1. The second kappa shape index (κ2) is 3.68. The summed E-state index contributed by atoms with van der Waals surface area (Å²) in [5.41, 5.74) is 3.07. The number of nitrogens with zero attached hydrogens (tertiary/aromatic N) is 2. The second-order valence-corrected chi connectivity index (χ2v) is 4.74. The van der Waals surface area contributed by atoms with Gasteiger partial charge in [-0.1, -0.05) is 0 Å². The Morgan fingerprint density at radius 1 is 1.44 bits per heavy atom. The second-order valence-electron chi connectivity index (χ2n) is 4.74. The first-order chi connectivity index (χ1) is 7.74. The van der Waals surface area contributed by atoms with Crippen LogP contribution in [0, 0.1) is 0 Å². The molecule has 1 aromatic heterocycles. The number of rotatable bonds is 1. The lowest BCUT2D eigenvalue weighted by Crippen LogP contribution is -2.20. The molecule has 0 spiro atoms. The fourth-order valence-corrected chi connectivity index (χ4v) is 2.72. The SMILES string of the molecule is CN1CCC(c2nc(=O)[nH]c3c2CNC3)C1. The average Bonchev–Trinajstić information content (AvgIpc) is 2.84. The molecular weight excluding hydrogens is 204 g/mol. The summed E-state index contributed by atoms with van der Waals surface area (Å²) in [6, 6.07) is 0. The number of aromatic amines is 1. The van der Waals surface area contributed by atoms with Gasteiger partial charge in [-0.2, -0.15) is 4.98 Å². The molecule has 5 heteroatoms. The number of hydrogen-bond acceptors (Lipinski definition) is 4. The summed E-state index contributed by atoms with van der Waals surface area (Å²) < 4.78 is 0. The van der Waals surface area contributed by atoms with Crippen LogP contribution in [0.2, 0.25) is 0 Å². The van der Waals surface area contributed by atoms with Gasteiger partial charge in [-0.3, -0.25) is 0 Å². The van der Waals surface area contributed by atoms with E-state index in [0.29, 0.717) is 5.92 Å². The molecule has 2 N–H and O–H groups in total. The van der Waals surface area contributed by atoms with Crippen molar-refractivity contribution in [2.24, 2.45) is 0 Å². The molecule has 0 saturated carbocycles. The maximum atomic E-state index is 11.5. The van der Waals surface area contributed by atoms with Gasteiger partial charge in [0.25, 0.3) is 0 Å². The highest BCUT2D eigenvalue weighted by molar-refractivity contribution is 5.31. The minimum Gasteiger partial charge on any atom is -0.308 e. The Morgan fingerprint density at radius 2 is 2.31 bits per heavy atom. The zero-order valence-corrected chi connectivity index (χ0v) is 9.42. The van der Waals surface area contributed by atoms with Crippen LogP contribution in [0.15, 0.2) is 4.79 Å². The highest BCUT2D eigenvalue weighted by Crippen LogP contribution is 2.28. The Morgan fingerprint density at radius 3 is 3.06 bits per heavy atom. The highest BCUT2D eigenvalue weighted by Gasteiger charge is 2.27. The van der Waals surface area contributed by atoms with E-state index in [1.165, 1.54) is 5.56 Å². The van der Waals surface area contributed by atoms with Crippen LogP contribution in [0.3, 0.4) is 0 Å². The van der Waals surface area contributed by atoms with Gasteiger partial charge in [-0.25, -0.2) is 4.79 Å². The first kappa shape index (κ1) is 9.99. The van der Waals surface area contributed by atoms with Crippen molar-refractivity contribution in [3.8, 4) is 0 Å². The van der Waals surface area contributed by atoms with E-state index < -0.39 is 0 Å². The molecule has 5 nitrogen and oxygen atoms in total. The van der Waals surface area contributed by atoms with Gasteiger partial charge >= 0.3 is 5.69 Å².